The SMILES string of the molecule is COc1ccc(C(=O)c2ccncc2-c2ccccc2)cc1. The summed E-state index contributed by atoms with van der Waals surface area (Å²) in [4.78, 5) is 16.9. The number of benzene rings is 2. The topological polar surface area (TPSA) is 39.2 Å². The van der Waals surface area contributed by atoms with Gasteiger partial charge in [0.1, 0.15) is 5.75 Å². The molecule has 1 heterocycles. The van der Waals surface area contributed by atoms with Crippen molar-refractivity contribution in [3.8, 4) is 16.9 Å². The molecule has 108 valence electrons. The van der Waals surface area contributed by atoms with Crippen LogP contribution in [0.2, 0.25) is 0 Å². The van der Waals surface area contributed by atoms with Gasteiger partial charge in [-0.05, 0) is 35.9 Å². The van der Waals surface area contributed by atoms with Crippen molar-refractivity contribution in [2.24, 2.45) is 0 Å². The first kappa shape index (κ1) is 14.0. The average Bonchev–Trinajstić information content (AvgIpc) is 2.62. The number of ketones is 1. The predicted molar refractivity (Wildman–Crippen MR) is 86.1 cm³/mol. The molecule has 0 radical (unpaired) electrons. The second kappa shape index (κ2) is 6.22. The highest BCUT2D eigenvalue weighted by Crippen LogP contribution is 2.25. The van der Waals surface area contributed by atoms with E-state index in [0.717, 1.165) is 16.9 Å². The van der Waals surface area contributed by atoms with E-state index in [1.807, 2.05) is 30.3 Å². The second-order valence-electron chi connectivity index (χ2n) is 4.84. The van der Waals surface area contributed by atoms with Gasteiger partial charge in [0.05, 0.1) is 7.11 Å². The van der Waals surface area contributed by atoms with Gasteiger partial charge in [0, 0.05) is 29.1 Å². The summed E-state index contributed by atoms with van der Waals surface area (Å²) in [5, 5.41) is 0. The monoisotopic (exact) mass is 289 g/mol. The van der Waals surface area contributed by atoms with Gasteiger partial charge in [0.15, 0.2) is 5.78 Å². The zero-order valence-corrected chi connectivity index (χ0v) is 12.2. The van der Waals surface area contributed by atoms with Gasteiger partial charge < -0.3 is 4.74 Å². The Bertz CT molecular complexity index is 780. The van der Waals surface area contributed by atoms with Gasteiger partial charge in [-0.25, -0.2) is 0 Å². The number of hydrogen-bond donors (Lipinski definition) is 0. The van der Waals surface area contributed by atoms with Crippen molar-refractivity contribution < 1.29 is 9.53 Å². The number of hydrogen-bond acceptors (Lipinski definition) is 3. The van der Waals surface area contributed by atoms with Crippen molar-refractivity contribution in [2.45, 2.75) is 0 Å². The fraction of sp³-hybridized carbons (Fsp3) is 0.0526. The molecule has 0 aliphatic carbocycles. The van der Waals surface area contributed by atoms with Crippen LogP contribution in [0.1, 0.15) is 15.9 Å². The number of carbonyl (C=O) groups excluding carboxylic acids is 1. The standard InChI is InChI=1S/C19H15NO2/c1-22-16-9-7-15(8-10-16)19(21)17-11-12-20-13-18(17)14-5-3-2-4-6-14/h2-13H,1H3. The third-order valence-electron chi connectivity index (χ3n) is 3.50. The smallest absolute Gasteiger partial charge is 0.193 e. The molecule has 0 aliphatic rings. The zero-order chi connectivity index (χ0) is 15.4. The third-order valence-corrected chi connectivity index (χ3v) is 3.50. The lowest BCUT2D eigenvalue weighted by Crippen LogP contribution is -2.04. The highest BCUT2D eigenvalue weighted by Gasteiger charge is 2.14. The summed E-state index contributed by atoms with van der Waals surface area (Å²) in [6.07, 6.45) is 3.37. The van der Waals surface area contributed by atoms with Gasteiger partial charge in [-0.3, -0.25) is 9.78 Å². The van der Waals surface area contributed by atoms with Crippen LogP contribution in [0.3, 0.4) is 0 Å². The minimum atomic E-state index is -0.0242. The highest BCUT2D eigenvalue weighted by atomic mass is 16.5. The average molecular weight is 289 g/mol. The lowest BCUT2D eigenvalue weighted by molar-refractivity contribution is 0.103. The maximum Gasteiger partial charge on any atom is 0.193 e. The van der Waals surface area contributed by atoms with E-state index in [2.05, 4.69) is 4.98 Å². The molecule has 0 saturated carbocycles. The van der Waals surface area contributed by atoms with Crippen LogP contribution in [-0.2, 0) is 0 Å². The molecule has 3 nitrogen and oxygen atoms in total. The van der Waals surface area contributed by atoms with Crippen molar-refractivity contribution >= 4 is 5.78 Å². The number of pyridine rings is 1. The van der Waals surface area contributed by atoms with E-state index < -0.39 is 0 Å². The van der Waals surface area contributed by atoms with Crippen LogP contribution in [0.15, 0.2) is 73.1 Å². The molecule has 0 spiro atoms. The molecule has 0 saturated heterocycles. The number of methoxy groups -OCH3 is 1. The number of rotatable bonds is 4. The molecule has 2 aromatic carbocycles. The Kier molecular flexibility index (Phi) is 3.97. The zero-order valence-electron chi connectivity index (χ0n) is 12.2. The fourth-order valence-corrected chi connectivity index (χ4v) is 2.34. The Balaban J connectivity index is 2.02. The Morgan fingerprint density at radius 1 is 0.955 bits per heavy atom. The van der Waals surface area contributed by atoms with Crippen LogP contribution in [0.5, 0.6) is 5.75 Å². The van der Waals surface area contributed by atoms with Gasteiger partial charge >= 0.3 is 0 Å². The molecular weight excluding hydrogens is 274 g/mol. The Morgan fingerprint density at radius 2 is 1.68 bits per heavy atom. The third kappa shape index (κ3) is 2.74. The van der Waals surface area contributed by atoms with E-state index in [4.69, 9.17) is 4.74 Å². The summed E-state index contributed by atoms with van der Waals surface area (Å²) < 4.78 is 5.13. The minimum Gasteiger partial charge on any atom is -0.497 e. The van der Waals surface area contributed by atoms with Crippen molar-refractivity contribution in [2.75, 3.05) is 7.11 Å². The maximum atomic E-state index is 12.8. The van der Waals surface area contributed by atoms with E-state index in [1.165, 1.54) is 0 Å². The Hall–Kier alpha value is -2.94. The van der Waals surface area contributed by atoms with E-state index in [9.17, 15) is 4.79 Å². The molecule has 0 aliphatic heterocycles. The van der Waals surface area contributed by atoms with Crippen molar-refractivity contribution in [1.82, 2.24) is 4.98 Å². The van der Waals surface area contributed by atoms with E-state index >= 15 is 0 Å². The van der Waals surface area contributed by atoms with Crippen LogP contribution < -0.4 is 4.74 Å². The number of ether oxygens (including phenoxy) is 1. The van der Waals surface area contributed by atoms with Crippen LogP contribution >= 0.6 is 0 Å². The molecule has 0 N–H and O–H groups in total. The molecule has 0 unspecified atom stereocenters. The predicted octanol–water partition coefficient (Wildman–Crippen LogP) is 3.99. The molecule has 3 heteroatoms. The lowest BCUT2D eigenvalue weighted by atomic mass is 9.96. The first-order chi connectivity index (χ1) is 10.8. The van der Waals surface area contributed by atoms with Crippen molar-refractivity contribution in [3.05, 3.63) is 84.2 Å². The van der Waals surface area contributed by atoms with Gasteiger partial charge in [0.2, 0.25) is 0 Å². The van der Waals surface area contributed by atoms with Crippen LogP contribution in [0.25, 0.3) is 11.1 Å². The van der Waals surface area contributed by atoms with E-state index in [1.54, 1.807) is 49.8 Å². The van der Waals surface area contributed by atoms with Gasteiger partial charge in [-0.2, -0.15) is 0 Å². The Labute approximate surface area is 129 Å². The molecule has 0 bridgehead atoms. The highest BCUT2D eigenvalue weighted by molar-refractivity contribution is 6.12. The summed E-state index contributed by atoms with van der Waals surface area (Å²) in [5.74, 6) is 0.707. The number of carbonyl (C=O) groups is 1. The molecule has 0 fully saturated rings. The summed E-state index contributed by atoms with van der Waals surface area (Å²) in [6.45, 7) is 0. The first-order valence-corrected chi connectivity index (χ1v) is 6.98. The molecular formula is C19H15NO2. The summed E-state index contributed by atoms with van der Waals surface area (Å²) in [7, 11) is 1.60. The molecule has 0 atom stereocenters. The van der Waals surface area contributed by atoms with E-state index in [-0.39, 0.29) is 5.78 Å². The van der Waals surface area contributed by atoms with Crippen molar-refractivity contribution in [3.63, 3.8) is 0 Å². The van der Waals surface area contributed by atoms with Crippen molar-refractivity contribution in [1.29, 1.82) is 0 Å². The summed E-state index contributed by atoms with van der Waals surface area (Å²) in [6, 6.07) is 18.7. The van der Waals surface area contributed by atoms with Gasteiger partial charge in [-0.1, -0.05) is 30.3 Å². The van der Waals surface area contributed by atoms with E-state index in [0.29, 0.717) is 11.1 Å². The molecule has 0 amide bonds. The second-order valence-corrected chi connectivity index (χ2v) is 4.84. The fourth-order valence-electron chi connectivity index (χ4n) is 2.34. The minimum absolute atomic E-state index is 0.0242. The maximum absolute atomic E-state index is 12.8. The van der Waals surface area contributed by atoms with Crippen LogP contribution in [-0.4, -0.2) is 17.9 Å². The molecule has 3 rings (SSSR count). The first-order valence-electron chi connectivity index (χ1n) is 6.98. The number of nitrogens with zero attached hydrogens (tertiary/aromatic N) is 1. The van der Waals surface area contributed by atoms with Gasteiger partial charge in [0.25, 0.3) is 0 Å². The quantitative estimate of drug-likeness (QED) is 0.682. The molecule has 3 aromatic rings. The number of aromatic nitrogens is 1. The Morgan fingerprint density at radius 3 is 2.36 bits per heavy atom. The molecule has 1 aromatic heterocycles. The normalized spacial score (nSPS) is 10.2. The van der Waals surface area contributed by atoms with Crippen LogP contribution in [0.4, 0.5) is 0 Å². The van der Waals surface area contributed by atoms with Gasteiger partial charge in [-0.15, -0.1) is 0 Å². The summed E-state index contributed by atoms with van der Waals surface area (Å²) >= 11 is 0. The molecule has 22 heavy (non-hydrogen) atoms. The van der Waals surface area contributed by atoms with Crippen LogP contribution in [0, 0.1) is 0 Å². The lowest BCUT2D eigenvalue weighted by Gasteiger charge is -2.09. The summed E-state index contributed by atoms with van der Waals surface area (Å²) in [5.41, 5.74) is 3.09. The largest absolute Gasteiger partial charge is 0.497 e.